The first-order chi connectivity index (χ1) is 9.58. The molecule has 0 spiro atoms. The van der Waals surface area contributed by atoms with Gasteiger partial charge in [0, 0.05) is 10.4 Å². The fourth-order valence-corrected chi connectivity index (χ4v) is 4.30. The fourth-order valence-electron chi connectivity index (χ4n) is 2.80. The molecule has 1 aliphatic rings. The molecule has 0 radical (unpaired) electrons. The van der Waals surface area contributed by atoms with Crippen LogP contribution in [0.25, 0.3) is 0 Å². The number of nitrogen functional groups attached to an aromatic ring is 1. The van der Waals surface area contributed by atoms with Crippen LogP contribution in [-0.4, -0.2) is 5.78 Å². The summed E-state index contributed by atoms with van der Waals surface area (Å²) in [5, 5.41) is 1.12. The van der Waals surface area contributed by atoms with E-state index < -0.39 is 0 Å². The lowest BCUT2D eigenvalue weighted by molar-refractivity contribution is 0.103. The Labute approximate surface area is 127 Å². The molecule has 0 bridgehead atoms. The lowest BCUT2D eigenvalue weighted by Gasteiger charge is -2.18. The summed E-state index contributed by atoms with van der Waals surface area (Å²) >= 11 is 7.70. The highest BCUT2D eigenvalue weighted by atomic mass is 35.5. The molecule has 20 heavy (non-hydrogen) atoms. The van der Waals surface area contributed by atoms with E-state index in [1.165, 1.54) is 4.88 Å². The number of anilines is 1. The third-order valence-corrected chi connectivity index (χ3v) is 5.30. The van der Waals surface area contributed by atoms with Crippen molar-refractivity contribution >= 4 is 33.7 Å². The monoisotopic (exact) mass is 305 g/mol. The minimum atomic E-state index is -0.0415. The Morgan fingerprint density at radius 3 is 2.90 bits per heavy atom. The van der Waals surface area contributed by atoms with Gasteiger partial charge in [-0.25, -0.2) is 0 Å². The minimum absolute atomic E-state index is 0.0415. The summed E-state index contributed by atoms with van der Waals surface area (Å²) in [5.74, 6) is 0.629. The molecule has 0 aliphatic heterocycles. The number of carbonyl (C=O) groups excluding carboxylic acids is 1. The zero-order valence-corrected chi connectivity index (χ0v) is 12.9. The van der Waals surface area contributed by atoms with E-state index >= 15 is 0 Å². The average molecular weight is 306 g/mol. The normalized spacial score (nSPS) is 17.8. The summed E-state index contributed by atoms with van der Waals surface area (Å²) in [5.41, 5.74) is 8.49. The van der Waals surface area contributed by atoms with Crippen molar-refractivity contribution in [3.8, 4) is 0 Å². The maximum Gasteiger partial charge on any atom is 0.197 e. The summed E-state index contributed by atoms with van der Waals surface area (Å²) < 4.78 is 0. The topological polar surface area (TPSA) is 43.1 Å². The number of fused-ring (bicyclic) bond motifs is 1. The van der Waals surface area contributed by atoms with Crippen molar-refractivity contribution in [2.75, 3.05) is 5.73 Å². The quantitative estimate of drug-likeness (QED) is 0.839. The van der Waals surface area contributed by atoms with Crippen LogP contribution in [0.5, 0.6) is 0 Å². The Hall–Kier alpha value is -1.32. The van der Waals surface area contributed by atoms with E-state index in [-0.39, 0.29) is 5.78 Å². The van der Waals surface area contributed by atoms with Crippen molar-refractivity contribution in [1.82, 2.24) is 0 Å². The molecule has 1 aliphatic carbocycles. The van der Waals surface area contributed by atoms with Crippen LogP contribution in [-0.2, 0) is 12.8 Å². The molecule has 104 valence electrons. The standard InChI is InChI=1S/C16H16ClNOS/c1-9-6-7-11-13(8-9)20-16(18)14(11)15(19)10-4-2-3-5-12(10)17/h2-5,9H,6-8,18H2,1H3. The molecule has 1 aromatic carbocycles. The molecule has 4 heteroatoms. The van der Waals surface area contributed by atoms with Gasteiger partial charge < -0.3 is 5.73 Å². The van der Waals surface area contributed by atoms with Crippen molar-refractivity contribution < 1.29 is 4.79 Å². The zero-order valence-electron chi connectivity index (χ0n) is 11.3. The predicted octanol–water partition coefficient (Wildman–Crippen LogP) is 4.34. The van der Waals surface area contributed by atoms with Crippen LogP contribution in [0.4, 0.5) is 5.00 Å². The molecule has 3 rings (SSSR count). The van der Waals surface area contributed by atoms with Crippen LogP contribution in [0.3, 0.4) is 0 Å². The SMILES string of the molecule is CC1CCc2c(sc(N)c2C(=O)c2ccccc2Cl)C1. The molecule has 1 unspecified atom stereocenters. The van der Waals surface area contributed by atoms with Crippen molar-refractivity contribution in [3.63, 3.8) is 0 Å². The van der Waals surface area contributed by atoms with Gasteiger partial charge in [0.15, 0.2) is 5.78 Å². The first kappa shape index (κ1) is 13.7. The van der Waals surface area contributed by atoms with E-state index in [0.717, 1.165) is 24.8 Å². The number of hydrogen-bond acceptors (Lipinski definition) is 3. The van der Waals surface area contributed by atoms with Gasteiger partial charge in [0.25, 0.3) is 0 Å². The maximum atomic E-state index is 12.7. The van der Waals surface area contributed by atoms with Gasteiger partial charge in [0.2, 0.25) is 0 Å². The summed E-state index contributed by atoms with van der Waals surface area (Å²) in [6.07, 6.45) is 3.09. The molecule has 2 N–H and O–H groups in total. The van der Waals surface area contributed by atoms with Crippen molar-refractivity contribution in [2.45, 2.75) is 26.2 Å². The largest absolute Gasteiger partial charge is 0.390 e. The highest BCUT2D eigenvalue weighted by Gasteiger charge is 2.27. The van der Waals surface area contributed by atoms with Gasteiger partial charge in [-0.1, -0.05) is 30.7 Å². The molecule has 2 aromatic rings. The Bertz CT molecular complexity index is 677. The summed E-state index contributed by atoms with van der Waals surface area (Å²) in [6, 6.07) is 7.16. The number of halogens is 1. The van der Waals surface area contributed by atoms with E-state index in [1.807, 2.05) is 12.1 Å². The molecule has 1 aromatic heterocycles. The van der Waals surface area contributed by atoms with E-state index in [4.69, 9.17) is 17.3 Å². The van der Waals surface area contributed by atoms with Gasteiger partial charge in [-0.05, 0) is 42.9 Å². The van der Waals surface area contributed by atoms with Crippen molar-refractivity contribution in [2.24, 2.45) is 5.92 Å². The summed E-state index contributed by atoms with van der Waals surface area (Å²) in [6.45, 7) is 2.24. The molecule has 1 heterocycles. The Balaban J connectivity index is 2.07. The number of hydrogen-bond donors (Lipinski definition) is 1. The summed E-state index contributed by atoms with van der Waals surface area (Å²) in [4.78, 5) is 14.0. The molecule has 0 saturated carbocycles. The number of carbonyl (C=O) groups is 1. The smallest absolute Gasteiger partial charge is 0.197 e. The Morgan fingerprint density at radius 1 is 1.40 bits per heavy atom. The molecular weight excluding hydrogens is 290 g/mol. The molecule has 0 fully saturated rings. The van der Waals surface area contributed by atoms with Gasteiger partial charge >= 0.3 is 0 Å². The maximum absolute atomic E-state index is 12.7. The number of benzene rings is 1. The fraction of sp³-hybridized carbons (Fsp3) is 0.312. The molecular formula is C16H16ClNOS. The Morgan fingerprint density at radius 2 is 2.15 bits per heavy atom. The highest BCUT2D eigenvalue weighted by Crippen LogP contribution is 2.39. The zero-order chi connectivity index (χ0) is 14.3. The molecule has 1 atom stereocenters. The average Bonchev–Trinajstić information content (AvgIpc) is 2.73. The molecule has 0 saturated heterocycles. The molecule has 0 amide bonds. The van der Waals surface area contributed by atoms with Crippen LogP contribution >= 0.6 is 22.9 Å². The Kier molecular flexibility index (Phi) is 3.57. The van der Waals surface area contributed by atoms with Gasteiger partial charge in [-0.3, -0.25) is 4.79 Å². The van der Waals surface area contributed by atoms with Crippen LogP contribution in [0.15, 0.2) is 24.3 Å². The second kappa shape index (κ2) is 5.23. The first-order valence-electron chi connectivity index (χ1n) is 6.77. The van der Waals surface area contributed by atoms with Gasteiger partial charge in [-0.15, -0.1) is 11.3 Å². The first-order valence-corrected chi connectivity index (χ1v) is 7.96. The third kappa shape index (κ3) is 2.25. The second-order valence-corrected chi connectivity index (χ2v) is 6.94. The van der Waals surface area contributed by atoms with Gasteiger partial charge in [0.1, 0.15) is 0 Å². The van der Waals surface area contributed by atoms with Crippen molar-refractivity contribution in [1.29, 1.82) is 0 Å². The van der Waals surface area contributed by atoms with E-state index in [2.05, 4.69) is 6.92 Å². The van der Waals surface area contributed by atoms with Crippen LogP contribution in [0.1, 0.15) is 39.7 Å². The van der Waals surface area contributed by atoms with Gasteiger partial charge in [0.05, 0.1) is 15.6 Å². The van der Waals surface area contributed by atoms with Gasteiger partial charge in [-0.2, -0.15) is 0 Å². The van der Waals surface area contributed by atoms with E-state index in [9.17, 15) is 4.79 Å². The van der Waals surface area contributed by atoms with Crippen molar-refractivity contribution in [3.05, 3.63) is 50.9 Å². The second-order valence-electron chi connectivity index (χ2n) is 5.40. The van der Waals surface area contributed by atoms with E-state index in [0.29, 0.717) is 27.1 Å². The minimum Gasteiger partial charge on any atom is -0.390 e. The number of nitrogens with two attached hydrogens (primary N) is 1. The predicted molar refractivity (Wildman–Crippen MR) is 84.8 cm³/mol. The number of ketones is 1. The van der Waals surface area contributed by atoms with E-state index in [1.54, 1.807) is 23.5 Å². The highest BCUT2D eigenvalue weighted by molar-refractivity contribution is 7.16. The lowest BCUT2D eigenvalue weighted by Crippen LogP contribution is -2.13. The van der Waals surface area contributed by atoms with Crippen LogP contribution in [0.2, 0.25) is 5.02 Å². The summed E-state index contributed by atoms with van der Waals surface area (Å²) in [7, 11) is 0. The van der Waals surface area contributed by atoms with Crippen LogP contribution in [0, 0.1) is 5.92 Å². The van der Waals surface area contributed by atoms with Crippen LogP contribution < -0.4 is 5.73 Å². The molecule has 2 nitrogen and oxygen atoms in total. The third-order valence-electron chi connectivity index (χ3n) is 3.88. The number of thiophene rings is 1. The number of rotatable bonds is 2. The lowest BCUT2D eigenvalue weighted by atomic mass is 9.86.